The maximum Gasteiger partial charge on any atom is 0.308 e. The highest BCUT2D eigenvalue weighted by Gasteiger charge is 2.28. The summed E-state index contributed by atoms with van der Waals surface area (Å²) in [6.45, 7) is 1.09. The molecule has 1 N–H and O–H groups in total. The molecular weight excluding hydrogens is 410 g/mol. The molecule has 2 aromatic rings. The average molecular weight is 434 g/mol. The Balaban J connectivity index is 1.44. The van der Waals surface area contributed by atoms with Crippen molar-refractivity contribution in [1.82, 2.24) is 14.2 Å². The second-order valence-corrected chi connectivity index (χ2v) is 10.2. The van der Waals surface area contributed by atoms with E-state index >= 15 is 0 Å². The minimum absolute atomic E-state index is 0.0666. The number of hydrogen-bond donors (Lipinski definition) is 1. The van der Waals surface area contributed by atoms with Gasteiger partial charge in [0.25, 0.3) is 0 Å². The minimum atomic E-state index is -3.41. The van der Waals surface area contributed by atoms with E-state index in [-0.39, 0.29) is 17.3 Å². The lowest BCUT2D eigenvalue weighted by Gasteiger charge is -2.28. The van der Waals surface area contributed by atoms with Crippen molar-refractivity contribution in [3.8, 4) is 0 Å². The molecule has 1 aromatic carbocycles. The van der Waals surface area contributed by atoms with Gasteiger partial charge in [-0.3, -0.25) is 14.2 Å². The summed E-state index contributed by atoms with van der Waals surface area (Å²) in [5, 5.41) is 2.81. The Hall–Kier alpha value is -2.23. The largest absolute Gasteiger partial charge is 0.328 e. The summed E-state index contributed by atoms with van der Waals surface area (Å²) in [7, 11) is -3.41. The first-order valence-corrected chi connectivity index (χ1v) is 12.0. The fourth-order valence-electron chi connectivity index (χ4n) is 3.73. The molecule has 0 spiro atoms. The van der Waals surface area contributed by atoms with Gasteiger partial charge in [-0.25, -0.2) is 8.42 Å². The topological polar surface area (TPSA) is 88.5 Å². The Kier molecular flexibility index (Phi) is 5.71. The quantitative estimate of drug-likeness (QED) is 0.785. The summed E-state index contributed by atoms with van der Waals surface area (Å²) < 4.78 is 29.4. The molecule has 0 radical (unpaired) electrons. The number of para-hydroxylation sites is 1. The summed E-state index contributed by atoms with van der Waals surface area (Å²) in [5.74, 6) is -0.294. The van der Waals surface area contributed by atoms with Gasteiger partial charge in [0.1, 0.15) is 6.54 Å². The van der Waals surface area contributed by atoms with E-state index in [4.69, 9.17) is 0 Å². The van der Waals surface area contributed by atoms with E-state index in [1.54, 1.807) is 16.5 Å². The molecule has 7 nitrogen and oxygen atoms in total. The summed E-state index contributed by atoms with van der Waals surface area (Å²) in [6, 6.07) is 7.37. The minimum Gasteiger partial charge on any atom is -0.328 e. The number of fused-ring (bicyclic) bond motifs is 1. The molecule has 1 aliphatic carbocycles. The van der Waals surface area contributed by atoms with Gasteiger partial charge in [-0.2, -0.15) is 4.31 Å². The lowest BCUT2D eigenvalue weighted by molar-refractivity contribution is -0.120. The van der Waals surface area contributed by atoms with Gasteiger partial charge in [-0.15, -0.1) is 0 Å². The van der Waals surface area contributed by atoms with E-state index in [9.17, 15) is 18.0 Å². The van der Waals surface area contributed by atoms with Crippen molar-refractivity contribution in [2.24, 2.45) is 0 Å². The number of piperidine rings is 1. The number of carbonyl (C=O) groups excluding carboxylic acids is 1. The van der Waals surface area contributed by atoms with Crippen LogP contribution in [-0.4, -0.2) is 36.3 Å². The first-order valence-electron chi connectivity index (χ1n) is 9.73. The van der Waals surface area contributed by atoms with Gasteiger partial charge in [0.05, 0.1) is 15.1 Å². The normalized spacial score (nSPS) is 18.3. The van der Waals surface area contributed by atoms with Crippen molar-refractivity contribution < 1.29 is 13.2 Å². The van der Waals surface area contributed by atoms with Gasteiger partial charge in [-0.05, 0) is 50.0 Å². The van der Waals surface area contributed by atoms with Gasteiger partial charge in [0.15, 0.2) is 0 Å². The maximum absolute atomic E-state index is 12.7. The second kappa shape index (κ2) is 8.25. The summed E-state index contributed by atoms with van der Waals surface area (Å²) in [5.41, 5.74) is 1.41. The molecule has 9 heteroatoms. The zero-order valence-corrected chi connectivity index (χ0v) is 17.6. The van der Waals surface area contributed by atoms with Gasteiger partial charge < -0.3 is 5.32 Å². The third-order valence-corrected chi connectivity index (χ3v) is 8.28. The summed E-state index contributed by atoms with van der Waals surface area (Å²) in [4.78, 5) is 24.9. The Labute approximate surface area is 173 Å². The Morgan fingerprint density at radius 2 is 1.83 bits per heavy atom. The second-order valence-electron chi connectivity index (χ2n) is 7.26. The maximum atomic E-state index is 12.7. The smallest absolute Gasteiger partial charge is 0.308 e. The number of amides is 1. The highest BCUT2D eigenvalue weighted by atomic mass is 32.2. The molecule has 1 aromatic heterocycles. The van der Waals surface area contributed by atoms with Crippen LogP contribution in [0.25, 0.3) is 10.2 Å². The number of nitrogens with one attached hydrogen (secondary N) is 1. The van der Waals surface area contributed by atoms with Crippen LogP contribution in [-0.2, 0) is 21.4 Å². The van der Waals surface area contributed by atoms with Crippen LogP contribution in [0.15, 0.2) is 51.8 Å². The predicted molar refractivity (Wildman–Crippen MR) is 114 cm³/mol. The first-order chi connectivity index (χ1) is 13.9. The van der Waals surface area contributed by atoms with Gasteiger partial charge in [-0.1, -0.05) is 29.9 Å². The average Bonchev–Trinajstić information content (AvgIpc) is 3.04. The number of hydrogen-bond acceptors (Lipinski definition) is 5. The van der Waals surface area contributed by atoms with Gasteiger partial charge in [0, 0.05) is 18.8 Å². The van der Waals surface area contributed by atoms with Crippen LogP contribution in [0, 0.1) is 0 Å². The van der Waals surface area contributed by atoms with E-state index in [1.165, 1.54) is 4.57 Å². The van der Waals surface area contributed by atoms with Crippen LogP contribution >= 0.6 is 11.3 Å². The third-order valence-electron chi connectivity index (χ3n) is 5.27. The molecule has 2 aliphatic rings. The fourth-order valence-corrected chi connectivity index (χ4v) is 6.30. The lowest BCUT2D eigenvalue weighted by Crippen LogP contribution is -2.37. The van der Waals surface area contributed by atoms with E-state index < -0.39 is 10.0 Å². The molecule has 1 amide bonds. The molecule has 1 fully saturated rings. The molecule has 154 valence electrons. The lowest BCUT2D eigenvalue weighted by atomic mass is 10.1. The molecular formula is C20H23N3O4S2. The standard InChI is InChI=1S/C20H23N3O4S2/c24-19(14-23-17-6-2-3-7-18(17)28-20(23)25)21-15-8-10-16(11-9-15)29(26,27)22-12-4-1-5-13-22/h2-3,6-8,10H,1,4-5,9,11-14H2,(H,21,24). The Bertz CT molecular complexity index is 1150. The molecule has 0 saturated carbocycles. The fraction of sp³-hybridized carbons (Fsp3) is 0.400. The van der Waals surface area contributed by atoms with Crippen molar-refractivity contribution in [2.45, 2.75) is 38.6 Å². The van der Waals surface area contributed by atoms with E-state index in [0.717, 1.165) is 40.8 Å². The van der Waals surface area contributed by atoms with E-state index in [1.807, 2.05) is 24.3 Å². The number of aromatic nitrogens is 1. The summed E-state index contributed by atoms with van der Waals surface area (Å²) >= 11 is 1.12. The highest BCUT2D eigenvalue weighted by molar-refractivity contribution is 7.93. The molecule has 0 bridgehead atoms. The van der Waals surface area contributed by atoms with Crippen LogP contribution in [0.4, 0.5) is 0 Å². The summed E-state index contributed by atoms with van der Waals surface area (Å²) in [6.07, 6.45) is 6.95. The van der Waals surface area contributed by atoms with Crippen LogP contribution < -0.4 is 10.2 Å². The molecule has 1 saturated heterocycles. The molecule has 0 unspecified atom stereocenters. The van der Waals surface area contributed by atoms with Crippen molar-refractivity contribution >= 4 is 37.5 Å². The van der Waals surface area contributed by atoms with Crippen molar-refractivity contribution in [1.29, 1.82) is 0 Å². The number of allylic oxidation sites excluding steroid dienone is 4. The number of thiazole rings is 1. The zero-order chi connectivity index (χ0) is 20.4. The van der Waals surface area contributed by atoms with Crippen molar-refractivity contribution in [3.63, 3.8) is 0 Å². The number of nitrogens with zero attached hydrogens (tertiary/aromatic N) is 2. The monoisotopic (exact) mass is 433 g/mol. The first kappa shape index (κ1) is 20.1. The van der Waals surface area contributed by atoms with Crippen LogP contribution in [0.3, 0.4) is 0 Å². The van der Waals surface area contributed by atoms with Crippen LogP contribution in [0.5, 0.6) is 0 Å². The highest BCUT2D eigenvalue weighted by Crippen LogP contribution is 2.26. The molecule has 29 heavy (non-hydrogen) atoms. The predicted octanol–water partition coefficient (Wildman–Crippen LogP) is 2.56. The number of sulfonamides is 1. The van der Waals surface area contributed by atoms with Gasteiger partial charge in [0.2, 0.25) is 15.9 Å². The molecule has 4 rings (SSSR count). The third kappa shape index (κ3) is 4.22. The Morgan fingerprint density at radius 1 is 1.07 bits per heavy atom. The number of benzene rings is 1. The number of rotatable bonds is 5. The number of carbonyl (C=O) groups is 1. The zero-order valence-electron chi connectivity index (χ0n) is 16.0. The Morgan fingerprint density at radius 3 is 2.55 bits per heavy atom. The van der Waals surface area contributed by atoms with Crippen molar-refractivity contribution in [3.05, 3.63) is 56.7 Å². The van der Waals surface area contributed by atoms with Crippen molar-refractivity contribution in [2.75, 3.05) is 13.1 Å². The van der Waals surface area contributed by atoms with Crippen LogP contribution in [0.1, 0.15) is 32.1 Å². The molecule has 0 atom stereocenters. The van der Waals surface area contributed by atoms with E-state index in [0.29, 0.717) is 36.5 Å². The van der Waals surface area contributed by atoms with Crippen LogP contribution in [0.2, 0.25) is 0 Å². The van der Waals surface area contributed by atoms with Gasteiger partial charge >= 0.3 is 4.87 Å². The SMILES string of the molecule is O=C(Cn1c(=O)sc2ccccc21)NC1=CC=C(S(=O)(=O)N2CCCCC2)CC1. The van der Waals surface area contributed by atoms with E-state index in [2.05, 4.69) is 5.32 Å². The molecule has 2 heterocycles. The molecule has 1 aliphatic heterocycles.